The van der Waals surface area contributed by atoms with E-state index in [9.17, 15) is 24.0 Å². The maximum atomic E-state index is 13.8. The lowest BCUT2D eigenvalue weighted by atomic mass is 9.43. The van der Waals surface area contributed by atoms with Crippen molar-refractivity contribution >= 4 is 36.3 Å². The first kappa shape index (κ1) is 48.3. The third-order valence-electron chi connectivity index (χ3n) is 14.1. The van der Waals surface area contributed by atoms with Gasteiger partial charge in [-0.05, 0) is 111 Å². The van der Waals surface area contributed by atoms with E-state index in [0.29, 0.717) is 23.8 Å². The Morgan fingerprint density at radius 3 is 1.98 bits per heavy atom. The van der Waals surface area contributed by atoms with Crippen LogP contribution in [0.15, 0.2) is 48.5 Å². The van der Waals surface area contributed by atoms with E-state index in [1.165, 1.54) is 5.56 Å². The number of hydrogen-bond donors (Lipinski definition) is 4. The van der Waals surface area contributed by atoms with Gasteiger partial charge in [0.15, 0.2) is 17.3 Å². The molecule has 0 spiro atoms. The highest BCUT2D eigenvalue weighted by atomic mass is 16.7. The summed E-state index contributed by atoms with van der Waals surface area (Å²) in [6.45, 7) is 16.9. The van der Waals surface area contributed by atoms with Crippen LogP contribution in [0.5, 0.6) is 0 Å². The predicted octanol–water partition coefficient (Wildman–Crippen LogP) is 7.27. The van der Waals surface area contributed by atoms with Crippen LogP contribution < -0.4 is 22.1 Å². The molecule has 1 heterocycles. The van der Waals surface area contributed by atoms with Crippen LogP contribution in [0.25, 0.3) is 11.1 Å². The van der Waals surface area contributed by atoms with E-state index >= 15 is 0 Å². The molecular weight excluding hydrogens is 767 g/mol. The molecule has 334 valence electrons. The molecule has 1 aliphatic heterocycles. The molecule has 12 heteroatoms. The topological polar surface area (TPSA) is 180 Å². The number of ketones is 3. The van der Waals surface area contributed by atoms with Gasteiger partial charge in [-0.3, -0.25) is 24.0 Å². The largest absolute Gasteiger partial charge is 0.461 e. The normalized spacial score (nSPS) is 23.9. The second kappa shape index (κ2) is 21.1. The minimum atomic E-state index is -0.946. The summed E-state index contributed by atoms with van der Waals surface area (Å²) in [5.41, 5.74) is 15.5. The molecule has 4 aliphatic rings. The highest BCUT2D eigenvalue weighted by Crippen LogP contribution is 2.66. The number of carbonyl (C=O) groups is 5. The number of aryl methyl sites for hydroxylation is 1. The summed E-state index contributed by atoms with van der Waals surface area (Å²) in [7, 11) is -0.492. The van der Waals surface area contributed by atoms with Gasteiger partial charge in [0, 0.05) is 36.7 Å². The molecule has 6 rings (SSSR count). The number of nitrogens with two attached hydrogens (primary N) is 2. The molecule has 11 nitrogen and oxygen atoms in total. The number of hydrogen-bond acceptors (Lipinski definition) is 9. The van der Waals surface area contributed by atoms with Crippen LogP contribution in [0.2, 0.25) is 5.82 Å². The van der Waals surface area contributed by atoms with E-state index < -0.39 is 42.9 Å². The van der Waals surface area contributed by atoms with Crippen molar-refractivity contribution in [2.24, 2.45) is 46.5 Å². The highest BCUT2D eigenvalue weighted by molar-refractivity contribution is 6.47. The summed E-state index contributed by atoms with van der Waals surface area (Å²) in [5.74, 6) is -2.06. The van der Waals surface area contributed by atoms with Gasteiger partial charge in [-0.1, -0.05) is 103 Å². The van der Waals surface area contributed by atoms with Crippen molar-refractivity contribution in [1.82, 2.24) is 10.6 Å². The number of rotatable bonds is 24. The third-order valence-corrected chi connectivity index (χ3v) is 14.1. The van der Waals surface area contributed by atoms with E-state index in [2.05, 4.69) is 62.6 Å². The number of unbranched alkanes of at least 4 members (excludes halogenated alkanes) is 1. The lowest BCUT2D eigenvalue weighted by molar-refractivity contribution is -0.199. The Balaban J connectivity index is 1.14. The average Bonchev–Trinajstić information content (AvgIpc) is 3.60. The van der Waals surface area contributed by atoms with Gasteiger partial charge in [-0.25, -0.2) is 0 Å². The zero-order chi connectivity index (χ0) is 44.6. The minimum absolute atomic E-state index is 0.0193. The molecule has 6 N–H and O–H groups in total. The van der Waals surface area contributed by atoms with Crippen molar-refractivity contribution < 1.29 is 33.3 Å². The highest BCUT2D eigenvalue weighted by Gasteiger charge is 2.68. The van der Waals surface area contributed by atoms with Gasteiger partial charge in [-0.15, -0.1) is 0 Å². The van der Waals surface area contributed by atoms with Gasteiger partial charge in [-0.2, -0.15) is 0 Å². The van der Waals surface area contributed by atoms with Gasteiger partial charge < -0.3 is 31.4 Å². The van der Waals surface area contributed by atoms with Crippen molar-refractivity contribution in [2.45, 2.75) is 156 Å². The smallest absolute Gasteiger partial charge is 0.405 e. The van der Waals surface area contributed by atoms with E-state index in [-0.39, 0.29) is 91.4 Å². The van der Waals surface area contributed by atoms with E-state index in [4.69, 9.17) is 20.8 Å². The first-order valence-electron chi connectivity index (χ1n) is 23.0. The molecule has 61 heavy (non-hydrogen) atoms. The molecule has 2 amide bonds. The fourth-order valence-corrected chi connectivity index (χ4v) is 10.0. The van der Waals surface area contributed by atoms with Crippen LogP contribution in [0.3, 0.4) is 0 Å². The second-order valence-electron chi connectivity index (χ2n) is 19.7. The summed E-state index contributed by atoms with van der Waals surface area (Å²) < 4.78 is 13.1. The van der Waals surface area contributed by atoms with Crippen LogP contribution >= 0.6 is 0 Å². The molecule has 3 saturated carbocycles. The molecule has 2 aromatic carbocycles. The molecule has 2 bridgehead atoms. The monoisotopic (exact) mass is 841 g/mol. The van der Waals surface area contributed by atoms with Crippen LogP contribution in [-0.4, -0.2) is 73.2 Å². The molecule has 9 atom stereocenters. The van der Waals surface area contributed by atoms with Crippen molar-refractivity contribution in [1.29, 1.82) is 0 Å². The lowest BCUT2D eigenvalue weighted by Crippen LogP contribution is -2.65. The Morgan fingerprint density at radius 2 is 1.39 bits per heavy atom. The molecule has 1 saturated heterocycles. The quantitative estimate of drug-likeness (QED) is 0.0625. The number of Topliss-reactive ketones (excluding diaryl/α,β-unsaturated/α-hetero) is 3. The Kier molecular flexibility index (Phi) is 16.7. The SMILES string of the molecule is CCCCc1ccc(-c2ccc(C(=O)C[C@@H](CCN)C(=O)N[C@@H](CCN)C(=O)C[C@@H](C)C(=O)N[C@@H](CC(C)C)C(=O)C[C@@H](C)B3OC4C[C@@H]5C[C@@H](C5(C)C)[C@]4(C)O3)cc2)cc1. The molecule has 0 radical (unpaired) electrons. The predicted molar refractivity (Wildman–Crippen MR) is 242 cm³/mol. The Morgan fingerprint density at radius 1 is 0.787 bits per heavy atom. The van der Waals surface area contributed by atoms with Gasteiger partial charge in [0.05, 0.1) is 23.8 Å². The van der Waals surface area contributed by atoms with Crippen molar-refractivity contribution in [3.63, 3.8) is 0 Å². The first-order chi connectivity index (χ1) is 28.9. The Hall–Kier alpha value is -3.71. The average molecular weight is 841 g/mol. The van der Waals surface area contributed by atoms with Crippen molar-refractivity contribution in [3.05, 3.63) is 59.7 Å². The summed E-state index contributed by atoms with van der Waals surface area (Å²) in [4.78, 5) is 68.2. The minimum Gasteiger partial charge on any atom is -0.405 e. The second-order valence-corrected chi connectivity index (χ2v) is 19.7. The molecule has 0 aromatic heterocycles. The van der Waals surface area contributed by atoms with Crippen molar-refractivity contribution in [2.75, 3.05) is 13.1 Å². The van der Waals surface area contributed by atoms with Gasteiger partial charge in [0.1, 0.15) is 0 Å². The Labute approximate surface area is 365 Å². The van der Waals surface area contributed by atoms with Crippen LogP contribution in [0.4, 0.5) is 0 Å². The molecule has 4 fully saturated rings. The summed E-state index contributed by atoms with van der Waals surface area (Å²) in [5, 5.41) is 5.78. The Bertz CT molecular complexity index is 1830. The zero-order valence-electron chi connectivity index (χ0n) is 38.1. The summed E-state index contributed by atoms with van der Waals surface area (Å²) in [6, 6.07) is 14.2. The number of benzene rings is 2. The maximum absolute atomic E-state index is 13.8. The first-order valence-corrected chi connectivity index (χ1v) is 23.0. The maximum Gasteiger partial charge on any atom is 0.461 e. The summed E-state index contributed by atoms with van der Waals surface area (Å²) >= 11 is 0. The van der Waals surface area contributed by atoms with Crippen LogP contribution in [0.1, 0.15) is 136 Å². The zero-order valence-corrected chi connectivity index (χ0v) is 38.1. The third kappa shape index (κ3) is 11.7. The van der Waals surface area contributed by atoms with E-state index in [1.54, 1.807) is 19.1 Å². The number of amides is 2. The number of carbonyl (C=O) groups excluding carboxylic acids is 5. The van der Waals surface area contributed by atoms with E-state index in [0.717, 1.165) is 43.2 Å². The van der Waals surface area contributed by atoms with Gasteiger partial charge >= 0.3 is 7.12 Å². The standard InChI is InChI=1S/C49H73BN4O7/c1-9-10-11-33-12-14-34(15-13-33)35-16-18-36(19-17-35)41(55)27-37(20-22-51)47(59)53-39(21-23-52)42(56)25-31(4)46(58)54-40(24-30(2)3)43(57)26-32(5)50-60-45-29-38-28-44(48(38,6)7)49(45,8)61-50/h12-19,30-32,37-40,44-45H,9-11,20-29,51-52H2,1-8H3,(H,53,59)(H,54,58)/t31-,32-,37-,38+,39+,40+,44+,45?,49+/m1/s1. The van der Waals surface area contributed by atoms with Gasteiger partial charge in [0.25, 0.3) is 0 Å². The van der Waals surface area contributed by atoms with Gasteiger partial charge in [0.2, 0.25) is 11.8 Å². The molecule has 3 aliphatic carbocycles. The lowest BCUT2D eigenvalue weighted by Gasteiger charge is -2.64. The van der Waals surface area contributed by atoms with Crippen molar-refractivity contribution in [3.8, 4) is 11.1 Å². The van der Waals surface area contributed by atoms with Crippen LogP contribution in [-0.2, 0) is 34.9 Å². The fraction of sp³-hybridized carbons (Fsp3) is 0.653. The van der Waals surface area contributed by atoms with E-state index in [1.807, 2.05) is 32.9 Å². The van der Waals surface area contributed by atoms with Crippen LogP contribution in [0, 0.1) is 35.0 Å². The fourth-order valence-electron chi connectivity index (χ4n) is 10.0. The molecule has 2 aromatic rings. The summed E-state index contributed by atoms with van der Waals surface area (Å²) in [6.07, 6.45) is 6.31. The molecular formula is C49H73BN4O7. The molecule has 1 unspecified atom stereocenters. The number of nitrogens with one attached hydrogen (secondary N) is 2.